The molecule has 0 aliphatic heterocycles. The van der Waals surface area contributed by atoms with Gasteiger partial charge in [0.15, 0.2) is 5.13 Å². The first-order valence-corrected chi connectivity index (χ1v) is 10.9. The molecule has 0 radical (unpaired) electrons. The van der Waals surface area contributed by atoms with Gasteiger partial charge >= 0.3 is 0 Å². The van der Waals surface area contributed by atoms with Gasteiger partial charge in [0, 0.05) is 29.3 Å². The van der Waals surface area contributed by atoms with Crippen LogP contribution in [0.2, 0.25) is 0 Å². The molecule has 3 aromatic heterocycles. The van der Waals surface area contributed by atoms with E-state index in [1.165, 1.54) is 4.88 Å². The Hall–Kier alpha value is -2.87. The van der Waals surface area contributed by atoms with Crippen molar-refractivity contribution in [1.82, 2.24) is 25.1 Å². The van der Waals surface area contributed by atoms with Crippen LogP contribution in [0.5, 0.6) is 0 Å². The molecular formula is C22H26N6OS. The Morgan fingerprint density at radius 2 is 1.90 bits per heavy atom. The lowest BCUT2D eigenvalue weighted by Gasteiger charge is -2.22. The Kier molecular flexibility index (Phi) is 5.27. The average molecular weight is 423 g/mol. The molecule has 3 heterocycles. The monoisotopic (exact) mass is 422 g/mol. The van der Waals surface area contributed by atoms with E-state index in [0.29, 0.717) is 11.7 Å². The van der Waals surface area contributed by atoms with Gasteiger partial charge in [-0.15, -0.1) is 11.3 Å². The number of hydrogen-bond donors (Lipinski definition) is 0. The molecule has 4 rings (SSSR count). The van der Waals surface area contributed by atoms with Crippen molar-refractivity contribution in [2.75, 3.05) is 11.4 Å². The van der Waals surface area contributed by atoms with Crippen LogP contribution in [0.4, 0.5) is 10.9 Å². The number of nitrogens with zero attached hydrogens (tertiary/aromatic N) is 6. The summed E-state index contributed by atoms with van der Waals surface area (Å²) in [6, 6.07) is 5.96. The van der Waals surface area contributed by atoms with Crippen molar-refractivity contribution in [3.05, 3.63) is 41.0 Å². The molecule has 0 aliphatic carbocycles. The predicted octanol–water partition coefficient (Wildman–Crippen LogP) is 5.60. The van der Waals surface area contributed by atoms with Gasteiger partial charge < -0.3 is 9.42 Å². The summed E-state index contributed by atoms with van der Waals surface area (Å²) < 4.78 is 5.15. The largest absolute Gasteiger partial charge is 0.339 e. The summed E-state index contributed by atoms with van der Waals surface area (Å²) in [6.45, 7) is 13.5. The summed E-state index contributed by atoms with van der Waals surface area (Å²) in [7, 11) is 0. The third-order valence-corrected chi connectivity index (χ3v) is 6.41. The minimum atomic E-state index is 0.0509. The Labute approximate surface area is 180 Å². The standard InChI is InChI=1S/C22H26N6OS/c1-7-10-28(21-25-13(2)18(30-21)22(4,5)6)20-16-11-15(19-26-14(3)29-27-19)8-9-17(16)23-12-24-20/h8-9,11-12H,7,10H2,1-6H3. The minimum Gasteiger partial charge on any atom is -0.339 e. The number of hydrogen-bond acceptors (Lipinski definition) is 8. The van der Waals surface area contributed by atoms with Crippen LogP contribution in [-0.2, 0) is 5.41 Å². The van der Waals surface area contributed by atoms with Crippen LogP contribution in [0.25, 0.3) is 22.3 Å². The van der Waals surface area contributed by atoms with Crippen molar-refractivity contribution in [3.8, 4) is 11.4 Å². The fourth-order valence-corrected chi connectivity index (χ4v) is 4.68. The summed E-state index contributed by atoms with van der Waals surface area (Å²) in [5.41, 5.74) is 2.87. The van der Waals surface area contributed by atoms with Crippen LogP contribution in [0, 0.1) is 13.8 Å². The molecule has 156 valence electrons. The lowest BCUT2D eigenvalue weighted by Crippen LogP contribution is -2.19. The highest BCUT2D eigenvalue weighted by Crippen LogP contribution is 2.39. The summed E-state index contributed by atoms with van der Waals surface area (Å²) in [5, 5.41) is 5.95. The van der Waals surface area contributed by atoms with Gasteiger partial charge in [0.2, 0.25) is 11.7 Å². The van der Waals surface area contributed by atoms with Crippen molar-refractivity contribution in [2.45, 2.75) is 53.4 Å². The molecule has 0 spiro atoms. The summed E-state index contributed by atoms with van der Waals surface area (Å²) in [4.78, 5) is 21.9. The molecule has 8 heteroatoms. The minimum absolute atomic E-state index is 0.0509. The number of anilines is 2. The highest BCUT2D eigenvalue weighted by atomic mass is 32.1. The van der Waals surface area contributed by atoms with Crippen LogP contribution in [0.3, 0.4) is 0 Å². The maximum atomic E-state index is 5.15. The first-order valence-electron chi connectivity index (χ1n) is 10.1. The fourth-order valence-electron chi connectivity index (χ4n) is 3.52. The van der Waals surface area contributed by atoms with Gasteiger partial charge in [0.25, 0.3) is 0 Å². The number of thiazole rings is 1. The van der Waals surface area contributed by atoms with Gasteiger partial charge in [-0.3, -0.25) is 0 Å². The second kappa shape index (κ2) is 7.75. The quantitative estimate of drug-likeness (QED) is 0.414. The number of benzene rings is 1. The molecule has 0 aliphatic rings. The van der Waals surface area contributed by atoms with E-state index >= 15 is 0 Å². The van der Waals surface area contributed by atoms with E-state index in [0.717, 1.165) is 46.1 Å². The van der Waals surface area contributed by atoms with E-state index in [9.17, 15) is 0 Å². The fraction of sp³-hybridized carbons (Fsp3) is 0.409. The second-order valence-corrected chi connectivity index (χ2v) is 9.36. The first kappa shape index (κ1) is 20.4. The zero-order valence-electron chi connectivity index (χ0n) is 18.2. The molecular weight excluding hydrogens is 396 g/mol. The number of rotatable bonds is 5. The smallest absolute Gasteiger partial charge is 0.223 e. The second-order valence-electron chi connectivity index (χ2n) is 8.38. The van der Waals surface area contributed by atoms with Gasteiger partial charge in [-0.1, -0.05) is 32.9 Å². The summed E-state index contributed by atoms with van der Waals surface area (Å²) >= 11 is 1.74. The van der Waals surface area contributed by atoms with Crippen molar-refractivity contribution in [3.63, 3.8) is 0 Å². The predicted molar refractivity (Wildman–Crippen MR) is 120 cm³/mol. The molecule has 4 aromatic rings. The van der Waals surface area contributed by atoms with E-state index in [1.807, 2.05) is 18.2 Å². The molecule has 1 aromatic carbocycles. The summed E-state index contributed by atoms with van der Waals surface area (Å²) in [5.74, 6) is 1.94. The molecule has 0 amide bonds. The van der Waals surface area contributed by atoms with Crippen molar-refractivity contribution in [2.24, 2.45) is 0 Å². The highest BCUT2D eigenvalue weighted by Gasteiger charge is 2.25. The third-order valence-electron chi connectivity index (χ3n) is 4.80. The molecule has 0 fully saturated rings. The Balaban J connectivity index is 1.86. The SMILES string of the molecule is CCCN(c1nc(C)c(C(C)(C)C)s1)c1ncnc2ccc(-c3noc(C)n3)cc12. The Morgan fingerprint density at radius 1 is 1.10 bits per heavy atom. The molecule has 7 nitrogen and oxygen atoms in total. The van der Waals surface area contributed by atoms with Gasteiger partial charge in [-0.25, -0.2) is 15.0 Å². The van der Waals surface area contributed by atoms with Crippen LogP contribution in [-0.4, -0.2) is 31.6 Å². The maximum Gasteiger partial charge on any atom is 0.223 e. The van der Waals surface area contributed by atoms with Crippen LogP contribution < -0.4 is 4.90 Å². The van der Waals surface area contributed by atoms with Gasteiger partial charge in [0.05, 0.1) is 11.2 Å². The lowest BCUT2D eigenvalue weighted by molar-refractivity contribution is 0.394. The molecule has 0 unspecified atom stereocenters. The highest BCUT2D eigenvalue weighted by molar-refractivity contribution is 7.16. The zero-order valence-corrected chi connectivity index (χ0v) is 19.0. The van der Waals surface area contributed by atoms with E-state index in [2.05, 4.69) is 59.6 Å². The molecule has 30 heavy (non-hydrogen) atoms. The molecule has 0 N–H and O–H groups in total. The number of aromatic nitrogens is 5. The summed E-state index contributed by atoms with van der Waals surface area (Å²) in [6.07, 6.45) is 2.59. The van der Waals surface area contributed by atoms with E-state index in [-0.39, 0.29) is 5.41 Å². The zero-order chi connectivity index (χ0) is 21.5. The topological polar surface area (TPSA) is 80.8 Å². The molecule has 0 atom stereocenters. The van der Waals surface area contributed by atoms with E-state index in [4.69, 9.17) is 9.51 Å². The van der Waals surface area contributed by atoms with Crippen molar-refractivity contribution >= 4 is 33.2 Å². The van der Waals surface area contributed by atoms with Gasteiger partial charge in [-0.05, 0) is 37.0 Å². The van der Waals surface area contributed by atoms with Crippen LogP contribution >= 0.6 is 11.3 Å². The Bertz CT molecular complexity index is 1190. The number of fused-ring (bicyclic) bond motifs is 1. The van der Waals surface area contributed by atoms with Gasteiger partial charge in [-0.2, -0.15) is 4.98 Å². The van der Waals surface area contributed by atoms with Crippen molar-refractivity contribution < 1.29 is 4.52 Å². The molecule has 0 saturated carbocycles. The third kappa shape index (κ3) is 3.79. The lowest BCUT2D eigenvalue weighted by atomic mass is 9.94. The molecule has 0 bridgehead atoms. The normalized spacial score (nSPS) is 11.9. The molecule has 0 saturated heterocycles. The van der Waals surface area contributed by atoms with Gasteiger partial charge in [0.1, 0.15) is 12.1 Å². The van der Waals surface area contributed by atoms with E-state index < -0.39 is 0 Å². The van der Waals surface area contributed by atoms with Crippen LogP contribution in [0.1, 0.15) is 50.6 Å². The van der Waals surface area contributed by atoms with Crippen LogP contribution in [0.15, 0.2) is 29.0 Å². The first-order chi connectivity index (χ1) is 14.3. The van der Waals surface area contributed by atoms with E-state index in [1.54, 1.807) is 24.6 Å². The maximum absolute atomic E-state index is 5.15. The number of aryl methyl sites for hydroxylation is 2. The van der Waals surface area contributed by atoms with Crippen molar-refractivity contribution in [1.29, 1.82) is 0 Å². The Morgan fingerprint density at radius 3 is 2.53 bits per heavy atom. The average Bonchev–Trinajstić information content (AvgIpc) is 3.31.